The van der Waals surface area contributed by atoms with Gasteiger partial charge in [-0.25, -0.2) is 0 Å². The van der Waals surface area contributed by atoms with Gasteiger partial charge in [-0.3, -0.25) is 9.59 Å². The fourth-order valence-electron chi connectivity index (χ4n) is 1.11. The van der Waals surface area contributed by atoms with Gasteiger partial charge in [0.25, 0.3) is 0 Å². The fourth-order valence-corrected chi connectivity index (χ4v) is 1.11. The average Bonchev–Trinajstić information content (AvgIpc) is 2.03. The summed E-state index contributed by atoms with van der Waals surface area (Å²) in [4.78, 5) is 22.3. The Bertz CT molecular complexity index is 198. The maximum absolute atomic E-state index is 11.6. The topological polar surface area (TPSA) is 43.4 Å². The summed E-state index contributed by atoms with van der Waals surface area (Å²) in [7, 11) is 0. The third-order valence-electron chi connectivity index (χ3n) is 2.14. The van der Waals surface area contributed by atoms with Crippen molar-refractivity contribution < 1.29 is 14.3 Å². The fraction of sp³-hybridized carbons (Fsp3) is 0.800. The van der Waals surface area contributed by atoms with Gasteiger partial charge < -0.3 is 4.74 Å². The molecule has 0 N–H and O–H groups in total. The summed E-state index contributed by atoms with van der Waals surface area (Å²) < 4.78 is 5.34. The molecule has 3 heteroatoms. The number of hydrogen-bond acceptors (Lipinski definition) is 3. The molecule has 0 aliphatic carbocycles. The van der Waals surface area contributed by atoms with Crippen LogP contribution in [0.1, 0.15) is 40.5 Å². The third-order valence-corrected chi connectivity index (χ3v) is 2.14. The van der Waals surface area contributed by atoms with Crippen LogP contribution in [0, 0.1) is 0 Å². The lowest BCUT2D eigenvalue weighted by Gasteiger charge is -2.25. The van der Waals surface area contributed by atoms with E-state index in [0.29, 0.717) is 13.0 Å². The van der Waals surface area contributed by atoms with E-state index in [-0.39, 0.29) is 18.0 Å². The van der Waals surface area contributed by atoms with Crippen LogP contribution in [0.25, 0.3) is 0 Å². The van der Waals surface area contributed by atoms with Gasteiger partial charge in [0.05, 0.1) is 6.42 Å². The van der Waals surface area contributed by atoms with Gasteiger partial charge in [-0.05, 0) is 27.2 Å². The Morgan fingerprint density at radius 3 is 2.15 bits per heavy atom. The average molecular weight is 186 g/mol. The van der Waals surface area contributed by atoms with Crippen LogP contribution in [-0.4, -0.2) is 23.8 Å². The molecule has 0 aromatic rings. The molecule has 1 atom stereocenters. The molecule has 3 nitrogen and oxygen atoms in total. The van der Waals surface area contributed by atoms with E-state index in [0.717, 1.165) is 0 Å². The Morgan fingerprint density at radius 1 is 1.31 bits per heavy atom. The van der Waals surface area contributed by atoms with Crippen LogP contribution in [0.4, 0.5) is 0 Å². The van der Waals surface area contributed by atoms with Gasteiger partial charge in [0.2, 0.25) is 0 Å². The molecule has 0 fully saturated rings. The number of rotatable bonds is 6. The Balaban J connectivity index is 4.37. The monoisotopic (exact) mass is 186 g/mol. The molecule has 0 aliphatic heterocycles. The SMILES string of the molecule is CCOC(C)(CC)C(=O)CC(C)=O. The Labute approximate surface area is 79.5 Å². The summed E-state index contributed by atoms with van der Waals surface area (Å²) >= 11 is 0. The normalized spacial score (nSPS) is 15.1. The van der Waals surface area contributed by atoms with Crippen LogP contribution in [0.15, 0.2) is 0 Å². The molecule has 0 saturated heterocycles. The number of ether oxygens (including phenoxy) is 1. The van der Waals surface area contributed by atoms with Crippen molar-refractivity contribution in [3.63, 3.8) is 0 Å². The van der Waals surface area contributed by atoms with E-state index in [1.54, 1.807) is 6.92 Å². The predicted octanol–water partition coefficient (Wildman–Crippen LogP) is 1.74. The minimum Gasteiger partial charge on any atom is -0.368 e. The highest BCUT2D eigenvalue weighted by Gasteiger charge is 2.31. The minimum atomic E-state index is -0.777. The van der Waals surface area contributed by atoms with E-state index in [2.05, 4.69) is 0 Å². The maximum Gasteiger partial charge on any atom is 0.171 e. The molecule has 0 amide bonds. The zero-order chi connectivity index (χ0) is 10.5. The van der Waals surface area contributed by atoms with Gasteiger partial charge in [0, 0.05) is 6.61 Å². The molecule has 0 saturated carbocycles. The Hall–Kier alpha value is -0.700. The summed E-state index contributed by atoms with van der Waals surface area (Å²) in [6, 6.07) is 0. The number of carbonyl (C=O) groups excluding carboxylic acids is 2. The molecule has 0 radical (unpaired) electrons. The second-order valence-corrected chi connectivity index (χ2v) is 3.32. The molecule has 0 aromatic carbocycles. The van der Waals surface area contributed by atoms with Crippen molar-refractivity contribution in [1.82, 2.24) is 0 Å². The second-order valence-electron chi connectivity index (χ2n) is 3.32. The van der Waals surface area contributed by atoms with Gasteiger partial charge in [0.1, 0.15) is 11.4 Å². The molecular formula is C10H18O3. The molecule has 0 rings (SSSR count). The number of Topliss-reactive ketones (excluding diaryl/α,β-unsaturated/α-hetero) is 2. The Kier molecular flexibility index (Phi) is 4.85. The van der Waals surface area contributed by atoms with Crippen LogP contribution >= 0.6 is 0 Å². The smallest absolute Gasteiger partial charge is 0.171 e. The summed E-state index contributed by atoms with van der Waals surface area (Å²) in [5, 5.41) is 0. The standard InChI is InChI=1S/C10H18O3/c1-5-10(4,13-6-2)9(12)7-8(3)11/h5-7H2,1-4H3. The van der Waals surface area contributed by atoms with Gasteiger partial charge in [-0.2, -0.15) is 0 Å². The van der Waals surface area contributed by atoms with E-state index >= 15 is 0 Å². The lowest BCUT2D eigenvalue weighted by atomic mass is 9.94. The third kappa shape index (κ3) is 3.68. The zero-order valence-corrected chi connectivity index (χ0v) is 8.85. The van der Waals surface area contributed by atoms with Crippen LogP contribution in [0.5, 0.6) is 0 Å². The van der Waals surface area contributed by atoms with Crippen LogP contribution in [-0.2, 0) is 14.3 Å². The van der Waals surface area contributed by atoms with E-state index in [4.69, 9.17) is 4.74 Å². The molecule has 76 valence electrons. The van der Waals surface area contributed by atoms with Crippen molar-refractivity contribution >= 4 is 11.6 Å². The van der Waals surface area contributed by atoms with Gasteiger partial charge in [-0.1, -0.05) is 6.92 Å². The molecule has 0 heterocycles. The summed E-state index contributed by atoms with van der Waals surface area (Å²) in [6.45, 7) is 7.37. The first-order chi connectivity index (χ1) is 5.96. The van der Waals surface area contributed by atoms with E-state index in [1.807, 2.05) is 13.8 Å². The first-order valence-electron chi connectivity index (χ1n) is 4.63. The quantitative estimate of drug-likeness (QED) is 0.593. The van der Waals surface area contributed by atoms with Crippen LogP contribution in [0.2, 0.25) is 0 Å². The highest BCUT2D eigenvalue weighted by atomic mass is 16.5. The van der Waals surface area contributed by atoms with Gasteiger partial charge >= 0.3 is 0 Å². The van der Waals surface area contributed by atoms with Crippen LogP contribution < -0.4 is 0 Å². The van der Waals surface area contributed by atoms with Crippen molar-refractivity contribution in [3.8, 4) is 0 Å². The minimum absolute atomic E-state index is 0.0235. The number of hydrogen-bond donors (Lipinski definition) is 0. The van der Waals surface area contributed by atoms with E-state index in [9.17, 15) is 9.59 Å². The van der Waals surface area contributed by atoms with Crippen molar-refractivity contribution in [2.24, 2.45) is 0 Å². The summed E-state index contributed by atoms with van der Waals surface area (Å²) in [5.74, 6) is -0.228. The first-order valence-corrected chi connectivity index (χ1v) is 4.63. The van der Waals surface area contributed by atoms with Crippen molar-refractivity contribution in [2.45, 2.75) is 46.1 Å². The van der Waals surface area contributed by atoms with Crippen molar-refractivity contribution in [1.29, 1.82) is 0 Å². The molecular weight excluding hydrogens is 168 g/mol. The largest absolute Gasteiger partial charge is 0.368 e. The number of carbonyl (C=O) groups is 2. The van der Waals surface area contributed by atoms with Crippen molar-refractivity contribution in [3.05, 3.63) is 0 Å². The van der Waals surface area contributed by atoms with Gasteiger partial charge in [-0.15, -0.1) is 0 Å². The highest BCUT2D eigenvalue weighted by Crippen LogP contribution is 2.18. The lowest BCUT2D eigenvalue weighted by Crippen LogP contribution is -2.38. The lowest BCUT2D eigenvalue weighted by molar-refractivity contribution is -0.144. The molecule has 13 heavy (non-hydrogen) atoms. The molecule has 0 spiro atoms. The van der Waals surface area contributed by atoms with E-state index in [1.165, 1.54) is 6.92 Å². The van der Waals surface area contributed by atoms with E-state index < -0.39 is 5.60 Å². The summed E-state index contributed by atoms with van der Waals surface area (Å²) in [5.41, 5.74) is -0.777. The van der Waals surface area contributed by atoms with Crippen LogP contribution in [0.3, 0.4) is 0 Å². The molecule has 1 unspecified atom stereocenters. The summed E-state index contributed by atoms with van der Waals surface area (Å²) in [6.07, 6.45) is 0.581. The molecule has 0 aliphatic rings. The first kappa shape index (κ1) is 12.3. The molecule has 0 bridgehead atoms. The number of ketones is 2. The maximum atomic E-state index is 11.6. The highest BCUT2D eigenvalue weighted by molar-refractivity contribution is 6.01. The van der Waals surface area contributed by atoms with Crippen molar-refractivity contribution in [2.75, 3.05) is 6.61 Å². The predicted molar refractivity (Wildman–Crippen MR) is 50.6 cm³/mol. The second kappa shape index (κ2) is 5.12. The molecule has 0 aromatic heterocycles. The Morgan fingerprint density at radius 2 is 1.85 bits per heavy atom. The zero-order valence-electron chi connectivity index (χ0n) is 8.85. The van der Waals surface area contributed by atoms with Gasteiger partial charge in [0.15, 0.2) is 5.78 Å².